The van der Waals surface area contributed by atoms with Gasteiger partial charge in [0.05, 0.1) is 13.2 Å². The van der Waals surface area contributed by atoms with Gasteiger partial charge >= 0.3 is 5.97 Å². The highest BCUT2D eigenvalue weighted by atomic mass is 16.6. The second kappa shape index (κ2) is 5.64. The van der Waals surface area contributed by atoms with E-state index in [1.165, 1.54) is 12.7 Å². The lowest BCUT2D eigenvalue weighted by Crippen LogP contribution is -2.32. The largest absolute Gasteiger partial charge is 0.467 e. The molecule has 0 saturated carbocycles. The van der Waals surface area contributed by atoms with Gasteiger partial charge in [-0.1, -0.05) is 36.4 Å². The monoisotopic (exact) mass is 232 g/mol. The van der Waals surface area contributed by atoms with Crippen LogP contribution in [0, 0.1) is 0 Å². The Hall–Kier alpha value is -1.61. The molecule has 0 saturated heterocycles. The highest BCUT2D eigenvalue weighted by Gasteiger charge is 2.24. The Kier molecular flexibility index (Phi) is 3.94. The third kappa shape index (κ3) is 3.17. The van der Waals surface area contributed by atoms with E-state index >= 15 is 0 Å². The van der Waals surface area contributed by atoms with E-state index in [4.69, 9.17) is 4.74 Å². The summed E-state index contributed by atoms with van der Waals surface area (Å²) in [6.45, 7) is 0. The molecule has 1 heterocycles. The van der Waals surface area contributed by atoms with Gasteiger partial charge in [-0.3, -0.25) is 0 Å². The van der Waals surface area contributed by atoms with Crippen LogP contribution >= 0.6 is 0 Å². The summed E-state index contributed by atoms with van der Waals surface area (Å²) in [6.07, 6.45) is 4.89. The summed E-state index contributed by atoms with van der Waals surface area (Å²) in [5.74, 6) is -0.334. The highest BCUT2D eigenvalue weighted by Crippen LogP contribution is 2.17. The maximum Gasteiger partial charge on any atom is 0.339 e. The van der Waals surface area contributed by atoms with E-state index < -0.39 is 6.10 Å². The Bertz CT molecular complexity index is 397. The molecule has 17 heavy (non-hydrogen) atoms. The maximum absolute atomic E-state index is 11.4. The third-order valence-corrected chi connectivity index (χ3v) is 2.79. The second-order valence-electron chi connectivity index (χ2n) is 4.06. The molecule has 0 aliphatic carbocycles. The van der Waals surface area contributed by atoms with Gasteiger partial charge in [-0.2, -0.15) is 0 Å². The number of esters is 1. The summed E-state index contributed by atoms with van der Waals surface area (Å²) >= 11 is 0. The first-order valence-corrected chi connectivity index (χ1v) is 5.73. The zero-order valence-corrected chi connectivity index (χ0v) is 9.84. The van der Waals surface area contributed by atoms with Crippen LogP contribution in [0.5, 0.6) is 0 Å². The standard InChI is InChI=1S/C14H16O3/c1-16-14(15)13-9-5-8-12(17-13)10-11-6-3-2-4-7-11/h2-7,9,12-13H,8,10H2,1H3/t12-,13+/m1/s1. The van der Waals surface area contributed by atoms with Gasteiger partial charge in [-0.25, -0.2) is 4.79 Å². The van der Waals surface area contributed by atoms with Gasteiger partial charge < -0.3 is 9.47 Å². The van der Waals surface area contributed by atoms with Crippen LogP contribution in [-0.2, 0) is 20.7 Å². The van der Waals surface area contributed by atoms with E-state index in [-0.39, 0.29) is 12.1 Å². The van der Waals surface area contributed by atoms with Crippen molar-refractivity contribution >= 4 is 5.97 Å². The predicted molar refractivity (Wildman–Crippen MR) is 64.6 cm³/mol. The van der Waals surface area contributed by atoms with Crippen LogP contribution in [0.15, 0.2) is 42.5 Å². The summed E-state index contributed by atoms with van der Waals surface area (Å²) in [5.41, 5.74) is 1.22. The predicted octanol–water partition coefficient (Wildman–Crippen LogP) is 2.12. The van der Waals surface area contributed by atoms with E-state index in [0.29, 0.717) is 0 Å². The Morgan fingerprint density at radius 2 is 2.18 bits per heavy atom. The molecule has 0 unspecified atom stereocenters. The van der Waals surface area contributed by atoms with E-state index in [1.807, 2.05) is 24.3 Å². The molecule has 0 amide bonds. The number of rotatable bonds is 3. The molecule has 0 aromatic heterocycles. The summed E-state index contributed by atoms with van der Waals surface area (Å²) in [4.78, 5) is 11.4. The lowest BCUT2D eigenvalue weighted by molar-refractivity contribution is -0.154. The average Bonchev–Trinajstić information content (AvgIpc) is 2.39. The third-order valence-electron chi connectivity index (χ3n) is 2.79. The molecule has 90 valence electrons. The molecular weight excluding hydrogens is 216 g/mol. The normalized spacial score (nSPS) is 23.4. The smallest absolute Gasteiger partial charge is 0.339 e. The molecule has 0 bridgehead atoms. The molecule has 1 aliphatic heterocycles. The van der Waals surface area contributed by atoms with Gasteiger partial charge in [0.25, 0.3) is 0 Å². The summed E-state index contributed by atoms with van der Waals surface area (Å²) in [6, 6.07) is 10.1. The summed E-state index contributed by atoms with van der Waals surface area (Å²) in [5, 5.41) is 0. The molecule has 1 aliphatic rings. The van der Waals surface area contributed by atoms with Crippen molar-refractivity contribution in [2.45, 2.75) is 25.0 Å². The van der Waals surface area contributed by atoms with E-state index in [1.54, 1.807) is 6.08 Å². The van der Waals surface area contributed by atoms with Crippen molar-refractivity contribution in [3.63, 3.8) is 0 Å². The van der Waals surface area contributed by atoms with E-state index in [2.05, 4.69) is 16.9 Å². The second-order valence-corrected chi connectivity index (χ2v) is 4.06. The number of carbonyl (C=O) groups is 1. The molecule has 3 nitrogen and oxygen atoms in total. The first-order valence-electron chi connectivity index (χ1n) is 5.73. The average molecular weight is 232 g/mol. The van der Waals surface area contributed by atoms with Gasteiger partial charge in [-0.15, -0.1) is 0 Å². The quantitative estimate of drug-likeness (QED) is 0.591. The number of carbonyl (C=O) groups excluding carboxylic acids is 1. The number of benzene rings is 1. The molecule has 3 heteroatoms. The first-order chi connectivity index (χ1) is 8.29. The fourth-order valence-corrected chi connectivity index (χ4v) is 1.92. The minimum absolute atomic E-state index is 0.0477. The van der Waals surface area contributed by atoms with Gasteiger partial charge in [0, 0.05) is 0 Å². The number of hydrogen-bond acceptors (Lipinski definition) is 3. The van der Waals surface area contributed by atoms with Crippen molar-refractivity contribution in [3.8, 4) is 0 Å². The molecule has 0 N–H and O–H groups in total. The first kappa shape index (κ1) is 11.9. The molecule has 0 radical (unpaired) electrons. The lowest BCUT2D eigenvalue weighted by atomic mass is 10.0. The number of ether oxygens (including phenoxy) is 2. The zero-order chi connectivity index (χ0) is 12.1. The fourth-order valence-electron chi connectivity index (χ4n) is 1.92. The molecular formula is C14H16O3. The van der Waals surface area contributed by atoms with Crippen LogP contribution < -0.4 is 0 Å². The van der Waals surface area contributed by atoms with E-state index in [0.717, 1.165) is 12.8 Å². The molecule has 0 spiro atoms. The Balaban J connectivity index is 1.96. The summed E-state index contributed by atoms with van der Waals surface area (Å²) in [7, 11) is 1.38. The number of methoxy groups -OCH3 is 1. The Morgan fingerprint density at radius 3 is 2.88 bits per heavy atom. The minimum Gasteiger partial charge on any atom is -0.467 e. The van der Waals surface area contributed by atoms with Crippen LogP contribution in [0.3, 0.4) is 0 Å². The molecule has 1 aromatic rings. The van der Waals surface area contributed by atoms with Gasteiger partial charge in [0.15, 0.2) is 6.10 Å². The van der Waals surface area contributed by atoms with Crippen molar-refractivity contribution in [1.82, 2.24) is 0 Å². The van der Waals surface area contributed by atoms with Crippen molar-refractivity contribution in [2.24, 2.45) is 0 Å². The summed E-state index contributed by atoms with van der Waals surface area (Å²) < 4.78 is 10.4. The Labute approximate surface area is 101 Å². The highest BCUT2D eigenvalue weighted by molar-refractivity contribution is 5.76. The van der Waals surface area contributed by atoms with Crippen molar-refractivity contribution in [2.75, 3.05) is 7.11 Å². The number of hydrogen-bond donors (Lipinski definition) is 0. The van der Waals surface area contributed by atoms with Gasteiger partial charge in [0.1, 0.15) is 0 Å². The van der Waals surface area contributed by atoms with Crippen LogP contribution in [0.4, 0.5) is 0 Å². The zero-order valence-electron chi connectivity index (χ0n) is 9.84. The fraction of sp³-hybridized carbons (Fsp3) is 0.357. The molecule has 0 fully saturated rings. The molecule has 1 aromatic carbocycles. The molecule has 2 rings (SSSR count). The van der Waals surface area contributed by atoms with Crippen LogP contribution in [0.1, 0.15) is 12.0 Å². The topological polar surface area (TPSA) is 35.5 Å². The van der Waals surface area contributed by atoms with Crippen molar-refractivity contribution in [3.05, 3.63) is 48.0 Å². The molecule has 2 atom stereocenters. The van der Waals surface area contributed by atoms with Crippen molar-refractivity contribution in [1.29, 1.82) is 0 Å². The van der Waals surface area contributed by atoms with Crippen molar-refractivity contribution < 1.29 is 14.3 Å². The van der Waals surface area contributed by atoms with Crippen LogP contribution in [0.2, 0.25) is 0 Å². The van der Waals surface area contributed by atoms with Crippen LogP contribution in [-0.4, -0.2) is 25.3 Å². The minimum atomic E-state index is -0.553. The lowest BCUT2D eigenvalue weighted by Gasteiger charge is -2.24. The maximum atomic E-state index is 11.4. The van der Waals surface area contributed by atoms with Gasteiger partial charge in [0.2, 0.25) is 0 Å². The van der Waals surface area contributed by atoms with Gasteiger partial charge in [-0.05, 0) is 24.5 Å². The SMILES string of the molecule is COC(=O)[C@@H]1C=CC[C@H](Cc2ccccc2)O1. The van der Waals surface area contributed by atoms with Crippen LogP contribution in [0.25, 0.3) is 0 Å². The van der Waals surface area contributed by atoms with E-state index in [9.17, 15) is 4.79 Å². The Morgan fingerprint density at radius 1 is 1.41 bits per heavy atom.